The highest BCUT2D eigenvalue weighted by molar-refractivity contribution is 8.00. The minimum atomic E-state index is -0.199. The molecule has 2 aromatic rings. The number of benzene rings is 2. The van der Waals surface area contributed by atoms with Gasteiger partial charge in [-0.2, -0.15) is 0 Å². The summed E-state index contributed by atoms with van der Waals surface area (Å²) in [7, 11) is 0. The fourth-order valence-corrected chi connectivity index (χ4v) is 5.89. The Bertz CT molecular complexity index is 935. The highest BCUT2D eigenvalue weighted by atomic mass is 32.2. The van der Waals surface area contributed by atoms with Gasteiger partial charge in [0, 0.05) is 36.5 Å². The lowest BCUT2D eigenvalue weighted by Gasteiger charge is -2.44. The zero-order valence-electron chi connectivity index (χ0n) is 19.0. The lowest BCUT2D eigenvalue weighted by atomic mass is 10.00. The zero-order chi connectivity index (χ0) is 22.6. The molecule has 6 heteroatoms. The molecule has 0 aromatic heterocycles. The molecule has 2 fully saturated rings. The van der Waals surface area contributed by atoms with Gasteiger partial charge in [0.05, 0.1) is 11.5 Å². The molecule has 170 valence electrons. The molecular formula is C26H32N2O3S. The van der Waals surface area contributed by atoms with Crippen molar-refractivity contribution in [2.75, 3.05) is 32.0 Å². The molecule has 0 radical (unpaired) electrons. The Morgan fingerprint density at radius 2 is 1.56 bits per heavy atom. The Morgan fingerprint density at radius 3 is 2.22 bits per heavy atom. The number of ether oxygens (including phenoxy) is 1. The first-order chi connectivity index (χ1) is 15.5. The second kappa shape index (κ2) is 9.99. The van der Waals surface area contributed by atoms with E-state index >= 15 is 0 Å². The fourth-order valence-electron chi connectivity index (χ4n) is 4.43. The second-order valence-corrected chi connectivity index (χ2v) is 10.1. The number of carbonyl (C=O) groups is 2. The summed E-state index contributed by atoms with van der Waals surface area (Å²) in [5.74, 6) is 1.92. The molecule has 5 nitrogen and oxygen atoms in total. The number of aryl methyl sites for hydroxylation is 1. The Labute approximate surface area is 195 Å². The van der Waals surface area contributed by atoms with Crippen LogP contribution in [0.2, 0.25) is 0 Å². The molecule has 0 aliphatic carbocycles. The van der Waals surface area contributed by atoms with Gasteiger partial charge in [0.1, 0.15) is 5.75 Å². The normalized spacial score (nSPS) is 17.6. The predicted octanol–water partition coefficient (Wildman–Crippen LogP) is 5.00. The highest BCUT2D eigenvalue weighted by Crippen LogP contribution is 2.44. The van der Waals surface area contributed by atoms with Crippen molar-refractivity contribution in [3.05, 3.63) is 65.2 Å². The fraction of sp³-hybridized carbons (Fsp3) is 0.462. The molecule has 0 saturated carbocycles. The summed E-state index contributed by atoms with van der Waals surface area (Å²) in [5, 5.41) is 0. The van der Waals surface area contributed by atoms with E-state index in [9.17, 15) is 9.59 Å². The summed E-state index contributed by atoms with van der Waals surface area (Å²) < 4.78 is 5.70. The monoisotopic (exact) mass is 452 g/mol. The Morgan fingerprint density at radius 1 is 0.938 bits per heavy atom. The Kier molecular flexibility index (Phi) is 7.09. The number of thioether (sulfide) groups is 1. The average molecular weight is 453 g/mol. The molecule has 0 N–H and O–H groups in total. The number of amides is 2. The van der Waals surface area contributed by atoms with Gasteiger partial charge in [-0.25, -0.2) is 0 Å². The predicted molar refractivity (Wildman–Crippen MR) is 129 cm³/mol. The van der Waals surface area contributed by atoms with Gasteiger partial charge in [0.2, 0.25) is 0 Å². The van der Waals surface area contributed by atoms with E-state index in [1.807, 2.05) is 77.0 Å². The van der Waals surface area contributed by atoms with Crippen molar-refractivity contribution < 1.29 is 14.3 Å². The molecule has 2 saturated heterocycles. The van der Waals surface area contributed by atoms with Crippen molar-refractivity contribution in [2.45, 2.75) is 44.4 Å². The largest absolute Gasteiger partial charge is 0.494 e. The number of piperidine rings is 1. The van der Waals surface area contributed by atoms with Gasteiger partial charge >= 0.3 is 0 Å². The lowest BCUT2D eigenvalue weighted by molar-refractivity contribution is 0.0498. The first kappa shape index (κ1) is 22.7. The minimum Gasteiger partial charge on any atom is -0.494 e. The van der Waals surface area contributed by atoms with Crippen LogP contribution < -0.4 is 4.74 Å². The molecule has 4 rings (SSSR count). The molecule has 2 heterocycles. The molecule has 0 bridgehead atoms. The molecule has 2 aliphatic heterocycles. The number of hydrogen-bond acceptors (Lipinski definition) is 4. The van der Waals surface area contributed by atoms with Gasteiger partial charge in [-0.05, 0) is 62.6 Å². The SMILES string of the molecule is CCCCOc1ccc(C(=O)N2CCC3(CC2)SCCN3C(=O)c2ccc(C)cc2)cc1. The molecule has 2 aromatic carbocycles. The third kappa shape index (κ3) is 4.80. The van der Waals surface area contributed by atoms with Crippen molar-refractivity contribution >= 4 is 23.6 Å². The summed E-state index contributed by atoms with van der Waals surface area (Å²) in [6.07, 6.45) is 3.73. The van der Waals surface area contributed by atoms with Gasteiger partial charge in [0.15, 0.2) is 0 Å². The van der Waals surface area contributed by atoms with Crippen LogP contribution in [0.1, 0.15) is 58.9 Å². The van der Waals surface area contributed by atoms with Crippen molar-refractivity contribution in [2.24, 2.45) is 0 Å². The zero-order valence-corrected chi connectivity index (χ0v) is 19.8. The summed E-state index contributed by atoms with van der Waals surface area (Å²) in [6.45, 7) is 6.96. The maximum Gasteiger partial charge on any atom is 0.254 e. The van der Waals surface area contributed by atoms with Crippen LogP contribution in [-0.2, 0) is 0 Å². The van der Waals surface area contributed by atoms with Crippen molar-refractivity contribution in [1.82, 2.24) is 9.80 Å². The van der Waals surface area contributed by atoms with Gasteiger partial charge in [0.25, 0.3) is 11.8 Å². The smallest absolute Gasteiger partial charge is 0.254 e. The van der Waals surface area contributed by atoms with Crippen LogP contribution in [-0.4, -0.2) is 58.5 Å². The van der Waals surface area contributed by atoms with E-state index < -0.39 is 0 Å². The van der Waals surface area contributed by atoms with Crippen LogP contribution in [0.5, 0.6) is 5.75 Å². The minimum absolute atomic E-state index is 0.0550. The van der Waals surface area contributed by atoms with Crippen LogP contribution in [0.15, 0.2) is 48.5 Å². The summed E-state index contributed by atoms with van der Waals surface area (Å²) >= 11 is 1.87. The standard InChI is InChI=1S/C26H32N2O3S/c1-3-4-18-31-23-11-9-21(10-12-23)24(29)27-15-13-26(14-16-27)28(17-19-32-26)25(30)22-7-5-20(2)6-8-22/h5-12H,3-4,13-19H2,1-2H3. The van der Waals surface area contributed by atoms with Gasteiger partial charge in [-0.3, -0.25) is 9.59 Å². The summed E-state index contributed by atoms with van der Waals surface area (Å²) in [6, 6.07) is 15.3. The number of unbranched alkanes of at least 4 members (excludes halogenated alkanes) is 1. The van der Waals surface area contributed by atoms with Gasteiger partial charge in [-0.15, -0.1) is 11.8 Å². The molecule has 2 aliphatic rings. The van der Waals surface area contributed by atoms with E-state index in [2.05, 4.69) is 6.92 Å². The maximum atomic E-state index is 13.2. The number of likely N-dealkylation sites (tertiary alicyclic amines) is 1. The number of rotatable bonds is 6. The molecule has 32 heavy (non-hydrogen) atoms. The van der Waals surface area contributed by atoms with Crippen molar-refractivity contribution in [1.29, 1.82) is 0 Å². The van der Waals surface area contributed by atoms with Crippen LogP contribution in [0.25, 0.3) is 0 Å². The summed E-state index contributed by atoms with van der Waals surface area (Å²) in [5.41, 5.74) is 2.59. The first-order valence-electron chi connectivity index (χ1n) is 11.6. The van der Waals surface area contributed by atoms with E-state index in [1.165, 1.54) is 0 Å². The number of nitrogens with zero attached hydrogens (tertiary/aromatic N) is 2. The van der Waals surface area contributed by atoms with Crippen molar-refractivity contribution in [3.8, 4) is 5.75 Å². The molecule has 2 amide bonds. The van der Waals surface area contributed by atoms with Crippen LogP contribution >= 0.6 is 11.8 Å². The van der Waals surface area contributed by atoms with E-state index in [-0.39, 0.29) is 16.7 Å². The quantitative estimate of drug-likeness (QED) is 0.579. The molecule has 1 spiro atoms. The van der Waals surface area contributed by atoms with Crippen LogP contribution in [0.3, 0.4) is 0 Å². The van der Waals surface area contributed by atoms with E-state index in [0.29, 0.717) is 25.3 Å². The third-order valence-corrected chi connectivity index (χ3v) is 7.97. The van der Waals surface area contributed by atoms with E-state index in [1.54, 1.807) is 0 Å². The summed E-state index contributed by atoms with van der Waals surface area (Å²) in [4.78, 5) is 30.0. The average Bonchev–Trinajstić information content (AvgIpc) is 3.22. The lowest BCUT2D eigenvalue weighted by Crippen LogP contribution is -2.53. The van der Waals surface area contributed by atoms with E-state index in [0.717, 1.165) is 54.9 Å². The van der Waals surface area contributed by atoms with Gasteiger partial charge < -0.3 is 14.5 Å². The number of carbonyl (C=O) groups excluding carboxylic acids is 2. The Balaban J connectivity index is 1.37. The van der Waals surface area contributed by atoms with Crippen molar-refractivity contribution in [3.63, 3.8) is 0 Å². The molecule has 0 unspecified atom stereocenters. The highest BCUT2D eigenvalue weighted by Gasteiger charge is 2.47. The Hall–Kier alpha value is -2.47. The molecule has 0 atom stereocenters. The van der Waals surface area contributed by atoms with Crippen LogP contribution in [0.4, 0.5) is 0 Å². The second-order valence-electron chi connectivity index (χ2n) is 8.64. The molecular weight excluding hydrogens is 420 g/mol. The van der Waals surface area contributed by atoms with Gasteiger partial charge in [-0.1, -0.05) is 31.0 Å². The third-order valence-electron chi connectivity index (χ3n) is 6.42. The number of hydrogen-bond donors (Lipinski definition) is 0. The topological polar surface area (TPSA) is 49.9 Å². The van der Waals surface area contributed by atoms with Crippen LogP contribution in [0, 0.1) is 6.92 Å². The maximum absolute atomic E-state index is 13.2. The van der Waals surface area contributed by atoms with E-state index in [4.69, 9.17) is 4.74 Å². The first-order valence-corrected chi connectivity index (χ1v) is 12.6.